The number of carbonyl (C=O) groups excluding carboxylic acids is 1. The third-order valence-corrected chi connectivity index (χ3v) is 13.3. The fourth-order valence-corrected chi connectivity index (χ4v) is 9.74. The molecule has 1 fully saturated rings. The van der Waals surface area contributed by atoms with Crippen molar-refractivity contribution in [2.45, 2.75) is 88.9 Å². The maximum absolute atomic E-state index is 13.4. The molecular formula is C34H45ClN2O5S. The minimum absolute atomic E-state index is 0.120. The summed E-state index contributed by atoms with van der Waals surface area (Å²) in [6, 6.07) is 11.5. The number of anilines is 1. The van der Waals surface area contributed by atoms with Crippen LogP contribution in [-0.4, -0.2) is 50.5 Å². The van der Waals surface area contributed by atoms with Gasteiger partial charge in [-0.05, 0) is 124 Å². The van der Waals surface area contributed by atoms with Crippen LogP contribution >= 0.6 is 11.6 Å². The largest absolute Gasteiger partial charge is 0.490 e. The monoisotopic (exact) mass is 628 g/mol. The number of hydrogen-bond acceptors (Lipinski definition) is 6. The van der Waals surface area contributed by atoms with Gasteiger partial charge in [-0.25, -0.2) is 13.1 Å². The van der Waals surface area contributed by atoms with Gasteiger partial charge in [-0.2, -0.15) is 0 Å². The van der Waals surface area contributed by atoms with Crippen LogP contribution in [0.25, 0.3) is 0 Å². The Morgan fingerprint density at radius 3 is 2.65 bits per heavy atom. The summed E-state index contributed by atoms with van der Waals surface area (Å²) in [5.74, 6) is 0.968. The van der Waals surface area contributed by atoms with Crippen molar-refractivity contribution in [3.63, 3.8) is 0 Å². The van der Waals surface area contributed by atoms with Gasteiger partial charge in [-0.15, -0.1) is 0 Å². The lowest BCUT2D eigenvalue weighted by Gasteiger charge is -2.47. The molecule has 7 nitrogen and oxygen atoms in total. The third kappa shape index (κ3) is 5.91. The highest BCUT2D eigenvalue weighted by Gasteiger charge is 2.45. The molecule has 2 aliphatic heterocycles. The van der Waals surface area contributed by atoms with Gasteiger partial charge in [0.1, 0.15) is 5.75 Å². The third-order valence-electron chi connectivity index (χ3n) is 11.1. The van der Waals surface area contributed by atoms with E-state index < -0.39 is 27.3 Å². The minimum atomic E-state index is -3.88. The van der Waals surface area contributed by atoms with Crippen molar-refractivity contribution in [2.24, 2.45) is 23.7 Å². The summed E-state index contributed by atoms with van der Waals surface area (Å²) >= 11 is 6.41. The summed E-state index contributed by atoms with van der Waals surface area (Å²) in [6.07, 6.45) is 7.22. The van der Waals surface area contributed by atoms with Gasteiger partial charge in [0.05, 0.1) is 23.6 Å². The van der Waals surface area contributed by atoms with Gasteiger partial charge in [0, 0.05) is 29.1 Å². The molecule has 2 aromatic rings. The summed E-state index contributed by atoms with van der Waals surface area (Å²) in [5.41, 5.74) is 3.45. The smallest absolute Gasteiger partial charge is 0.264 e. The second kappa shape index (κ2) is 11.9. The molecule has 6 rings (SSSR count). The number of aliphatic hydroxyl groups excluding tert-OH is 1. The topological polar surface area (TPSA) is 95.9 Å². The van der Waals surface area contributed by atoms with Gasteiger partial charge in [0.15, 0.2) is 0 Å². The zero-order valence-corrected chi connectivity index (χ0v) is 27.1. The summed E-state index contributed by atoms with van der Waals surface area (Å²) in [6.45, 7) is 7.57. The quantitative estimate of drug-likeness (QED) is 0.396. The Balaban J connectivity index is 1.42. The van der Waals surface area contributed by atoms with Crippen molar-refractivity contribution in [1.29, 1.82) is 0 Å². The fourth-order valence-electron chi connectivity index (χ4n) is 8.23. The summed E-state index contributed by atoms with van der Waals surface area (Å²) in [4.78, 5) is 15.8. The molecule has 2 aliphatic carbocycles. The van der Waals surface area contributed by atoms with E-state index in [0.717, 1.165) is 75.2 Å². The number of halogens is 1. The molecule has 2 N–H and O–H groups in total. The van der Waals surface area contributed by atoms with E-state index in [-0.39, 0.29) is 17.3 Å². The fraction of sp³-hybridized carbons (Fsp3) is 0.618. The van der Waals surface area contributed by atoms with E-state index >= 15 is 0 Å². The van der Waals surface area contributed by atoms with E-state index in [1.165, 1.54) is 11.1 Å². The van der Waals surface area contributed by atoms with E-state index in [9.17, 15) is 18.3 Å². The Hall–Kier alpha value is -2.29. The Morgan fingerprint density at radius 1 is 1.09 bits per heavy atom. The lowest BCUT2D eigenvalue weighted by Crippen LogP contribution is -2.49. The van der Waals surface area contributed by atoms with E-state index in [1.807, 2.05) is 32.0 Å². The molecule has 2 bridgehead atoms. The maximum atomic E-state index is 13.4. The van der Waals surface area contributed by atoms with Crippen LogP contribution in [0.1, 0.15) is 87.2 Å². The number of hydrogen-bond donors (Lipinski definition) is 2. The molecule has 0 aromatic heterocycles. The molecule has 0 unspecified atom stereocenters. The highest BCUT2D eigenvalue weighted by molar-refractivity contribution is 7.90. The Bertz CT molecular complexity index is 1480. The predicted molar refractivity (Wildman–Crippen MR) is 170 cm³/mol. The average molecular weight is 629 g/mol. The minimum Gasteiger partial charge on any atom is -0.490 e. The van der Waals surface area contributed by atoms with Gasteiger partial charge in [-0.3, -0.25) is 4.79 Å². The van der Waals surface area contributed by atoms with Crippen molar-refractivity contribution in [3.05, 3.63) is 58.1 Å². The number of nitrogens with zero attached hydrogens (tertiary/aromatic N) is 1. The Morgan fingerprint density at radius 2 is 1.91 bits per heavy atom. The maximum Gasteiger partial charge on any atom is 0.264 e. The van der Waals surface area contributed by atoms with E-state index in [0.29, 0.717) is 29.8 Å². The van der Waals surface area contributed by atoms with Gasteiger partial charge >= 0.3 is 0 Å². The highest BCUT2D eigenvalue weighted by Crippen LogP contribution is 2.48. The Kier molecular flexibility index (Phi) is 8.50. The van der Waals surface area contributed by atoms with Crippen LogP contribution in [0.15, 0.2) is 36.4 Å². The molecule has 0 saturated heterocycles. The number of sulfonamides is 1. The summed E-state index contributed by atoms with van der Waals surface area (Å²) in [5, 5.41) is 10.9. The number of fused-ring (bicyclic) bond motifs is 4. The van der Waals surface area contributed by atoms with Crippen LogP contribution in [0.4, 0.5) is 5.69 Å². The van der Waals surface area contributed by atoms with Crippen molar-refractivity contribution in [1.82, 2.24) is 4.72 Å². The molecule has 2 aromatic carbocycles. The number of carbonyl (C=O) groups is 1. The van der Waals surface area contributed by atoms with E-state index in [1.54, 1.807) is 13.0 Å². The van der Waals surface area contributed by atoms with Crippen LogP contribution in [0, 0.1) is 23.7 Å². The molecule has 1 saturated carbocycles. The van der Waals surface area contributed by atoms with Gasteiger partial charge < -0.3 is 14.7 Å². The van der Waals surface area contributed by atoms with Crippen LogP contribution < -0.4 is 14.4 Å². The van der Waals surface area contributed by atoms with Gasteiger partial charge in [0.25, 0.3) is 5.91 Å². The number of ether oxygens (including phenoxy) is 1. The molecule has 7 atom stereocenters. The number of amides is 1. The lowest BCUT2D eigenvalue weighted by atomic mass is 9.64. The van der Waals surface area contributed by atoms with Gasteiger partial charge in [0.2, 0.25) is 10.0 Å². The average Bonchev–Trinajstić information content (AvgIpc) is 3.10. The summed E-state index contributed by atoms with van der Waals surface area (Å²) in [7, 11) is -3.88. The lowest BCUT2D eigenvalue weighted by molar-refractivity contribution is 0.0112. The molecule has 234 valence electrons. The zero-order chi connectivity index (χ0) is 30.5. The number of aryl methyl sites for hydroxylation is 1. The standard InChI is InChI=1S/C34H45ClN2O5S/c1-21-6-4-8-28(22(2)38)29-12-9-26(29)18-37-19-34(15-5-7-24-16-27(35)11-13-30(24)34)20-42-32-14-10-25(17-31(32)37)33(39)36-43(40,41)23(21)3/h10-11,13-14,16-17,21-23,26,28-29,38H,4-9,12,15,18-20H2,1-3H3,(H,36,39)/t21-,22+,23+,26-,28-,29+,34-/m0/s1. The van der Waals surface area contributed by atoms with Crippen LogP contribution in [0.3, 0.4) is 0 Å². The molecular weight excluding hydrogens is 584 g/mol. The first-order chi connectivity index (χ1) is 20.5. The SMILES string of the molecule is C[C@@H]1[C@@H](C)CCC[C@@H]([C@@H](C)O)[C@@H]2CC[C@H]2CN2C[C@@]3(CCCc4cc(Cl)ccc43)COc3ccc(cc32)C(=O)NS1(=O)=O. The normalized spacial score (nSPS) is 33.2. The molecule has 4 aliphatic rings. The number of nitrogens with one attached hydrogen (secondary N) is 1. The molecule has 9 heteroatoms. The summed E-state index contributed by atoms with van der Waals surface area (Å²) < 4.78 is 35.5. The Labute approximate surface area is 261 Å². The van der Waals surface area contributed by atoms with Crippen molar-refractivity contribution < 1.29 is 23.1 Å². The second-order valence-corrected chi connectivity index (χ2v) is 16.3. The van der Waals surface area contributed by atoms with Crippen LogP contribution in [0.2, 0.25) is 5.02 Å². The van der Waals surface area contributed by atoms with Crippen molar-refractivity contribution >= 4 is 33.2 Å². The number of aliphatic hydroxyl groups is 1. The highest BCUT2D eigenvalue weighted by atomic mass is 35.5. The first-order valence-electron chi connectivity index (χ1n) is 16.0. The molecule has 43 heavy (non-hydrogen) atoms. The molecule has 0 radical (unpaired) electrons. The van der Waals surface area contributed by atoms with Crippen LogP contribution in [-0.2, 0) is 21.9 Å². The number of rotatable bonds is 1. The van der Waals surface area contributed by atoms with E-state index in [2.05, 4.69) is 21.8 Å². The second-order valence-electron chi connectivity index (χ2n) is 13.8. The molecule has 2 heterocycles. The van der Waals surface area contributed by atoms with Crippen LogP contribution in [0.5, 0.6) is 5.75 Å². The molecule has 1 spiro atoms. The first-order valence-corrected chi connectivity index (χ1v) is 17.9. The van der Waals surface area contributed by atoms with E-state index in [4.69, 9.17) is 16.3 Å². The molecule has 1 amide bonds. The zero-order valence-electron chi connectivity index (χ0n) is 25.5. The van der Waals surface area contributed by atoms with Crippen molar-refractivity contribution in [2.75, 3.05) is 24.6 Å². The number of benzene rings is 2. The van der Waals surface area contributed by atoms with Gasteiger partial charge in [-0.1, -0.05) is 31.0 Å². The predicted octanol–water partition coefficient (Wildman–Crippen LogP) is 6.10. The first kappa shape index (κ1) is 30.7. The van der Waals surface area contributed by atoms with Crippen molar-refractivity contribution in [3.8, 4) is 5.75 Å².